The van der Waals surface area contributed by atoms with Crippen LogP contribution in [0.25, 0.3) is 11.1 Å². The SMILES string of the molecule is Cn1cc(-c2cc(C(=O)Cc3cccnc3)c(OCc3ccccc3)cc2C(=O)N2CCCCC2)cn1. The van der Waals surface area contributed by atoms with Gasteiger partial charge in [0.25, 0.3) is 5.91 Å². The average Bonchev–Trinajstić information content (AvgIpc) is 3.38. The zero-order chi connectivity index (χ0) is 25.6. The van der Waals surface area contributed by atoms with Crippen molar-refractivity contribution >= 4 is 11.7 Å². The first-order valence-electron chi connectivity index (χ1n) is 12.6. The van der Waals surface area contributed by atoms with Gasteiger partial charge in [-0.1, -0.05) is 36.4 Å². The highest BCUT2D eigenvalue weighted by molar-refractivity contribution is 6.06. The second-order valence-corrected chi connectivity index (χ2v) is 9.38. The fraction of sp³-hybridized carbons (Fsp3) is 0.267. The molecule has 0 radical (unpaired) electrons. The van der Waals surface area contributed by atoms with Gasteiger partial charge in [0, 0.05) is 50.7 Å². The lowest BCUT2D eigenvalue weighted by atomic mass is 9.93. The number of hydrogen-bond acceptors (Lipinski definition) is 5. The monoisotopic (exact) mass is 494 g/mol. The van der Waals surface area contributed by atoms with E-state index >= 15 is 0 Å². The van der Waals surface area contributed by atoms with Gasteiger partial charge in [-0.25, -0.2) is 0 Å². The number of rotatable bonds is 8. The van der Waals surface area contributed by atoms with E-state index in [-0.39, 0.29) is 24.7 Å². The van der Waals surface area contributed by atoms with Crippen molar-refractivity contribution in [3.63, 3.8) is 0 Å². The van der Waals surface area contributed by atoms with Crippen LogP contribution in [-0.2, 0) is 20.1 Å². The number of amides is 1. The van der Waals surface area contributed by atoms with Crippen LogP contribution in [0.4, 0.5) is 0 Å². The number of pyridine rings is 1. The number of carbonyl (C=O) groups excluding carboxylic acids is 2. The minimum Gasteiger partial charge on any atom is -0.488 e. The summed E-state index contributed by atoms with van der Waals surface area (Å²) in [6.07, 6.45) is 10.3. The maximum Gasteiger partial charge on any atom is 0.254 e. The lowest BCUT2D eigenvalue weighted by Crippen LogP contribution is -2.36. The molecule has 37 heavy (non-hydrogen) atoms. The summed E-state index contributed by atoms with van der Waals surface area (Å²) in [7, 11) is 1.83. The van der Waals surface area contributed by atoms with E-state index in [4.69, 9.17) is 4.74 Å². The molecule has 1 amide bonds. The van der Waals surface area contributed by atoms with E-state index in [1.807, 2.05) is 60.6 Å². The van der Waals surface area contributed by atoms with Gasteiger partial charge < -0.3 is 9.64 Å². The summed E-state index contributed by atoms with van der Waals surface area (Å²) in [4.78, 5) is 33.4. The van der Waals surface area contributed by atoms with Gasteiger partial charge in [-0.2, -0.15) is 5.10 Å². The Bertz CT molecular complexity index is 1380. The summed E-state index contributed by atoms with van der Waals surface area (Å²) in [5.41, 5.74) is 4.23. The molecule has 3 heterocycles. The van der Waals surface area contributed by atoms with E-state index in [0.717, 1.165) is 49.0 Å². The van der Waals surface area contributed by atoms with Gasteiger partial charge in [-0.15, -0.1) is 0 Å². The first-order chi connectivity index (χ1) is 18.1. The fourth-order valence-corrected chi connectivity index (χ4v) is 4.68. The van der Waals surface area contributed by atoms with Gasteiger partial charge >= 0.3 is 0 Å². The van der Waals surface area contributed by atoms with Crippen molar-refractivity contribution in [1.82, 2.24) is 19.7 Å². The van der Waals surface area contributed by atoms with E-state index in [0.29, 0.717) is 22.4 Å². The summed E-state index contributed by atoms with van der Waals surface area (Å²) >= 11 is 0. The van der Waals surface area contributed by atoms with Crippen LogP contribution in [0.15, 0.2) is 79.4 Å². The molecule has 0 bridgehead atoms. The van der Waals surface area contributed by atoms with Crippen molar-refractivity contribution in [2.24, 2.45) is 7.05 Å². The topological polar surface area (TPSA) is 77.3 Å². The Labute approximate surface area is 216 Å². The Hall–Kier alpha value is -4.26. The lowest BCUT2D eigenvalue weighted by molar-refractivity contribution is 0.0724. The number of nitrogens with zero attached hydrogens (tertiary/aromatic N) is 4. The van der Waals surface area contributed by atoms with Crippen molar-refractivity contribution in [3.05, 3.63) is 102 Å². The van der Waals surface area contributed by atoms with E-state index < -0.39 is 0 Å². The molecule has 1 fully saturated rings. The molecule has 0 spiro atoms. The van der Waals surface area contributed by atoms with Crippen LogP contribution < -0.4 is 4.74 Å². The molecule has 0 atom stereocenters. The van der Waals surface area contributed by atoms with Crippen molar-refractivity contribution in [2.45, 2.75) is 32.3 Å². The second-order valence-electron chi connectivity index (χ2n) is 9.38. The fourth-order valence-electron chi connectivity index (χ4n) is 4.68. The van der Waals surface area contributed by atoms with Crippen LogP contribution in [0.2, 0.25) is 0 Å². The zero-order valence-electron chi connectivity index (χ0n) is 21.0. The molecule has 0 saturated carbocycles. The zero-order valence-corrected chi connectivity index (χ0v) is 21.0. The maximum absolute atomic E-state index is 13.7. The van der Waals surface area contributed by atoms with Crippen molar-refractivity contribution in [2.75, 3.05) is 13.1 Å². The highest BCUT2D eigenvalue weighted by Crippen LogP contribution is 2.34. The number of piperidine rings is 1. The predicted molar refractivity (Wildman–Crippen MR) is 141 cm³/mol. The third-order valence-electron chi connectivity index (χ3n) is 6.63. The predicted octanol–water partition coefficient (Wildman–Crippen LogP) is 5.11. The summed E-state index contributed by atoms with van der Waals surface area (Å²) in [6.45, 7) is 1.75. The molecule has 0 unspecified atom stereocenters. The number of ketones is 1. The number of Topliss-reactive ketones (excluding diaryl/α,β-unsaturated/α-hetero) is 1. The average molecular weight is 495 g/mol. The van der Waals surface area contributed by atoms with Gasteiger partial charge in [-0.05, 0) is 54.2 Å². The standard InChI is InChI=1S/C30H30N4O3/c1-33-20-24(19-32-33)25-16-27(28(35)15-23-11-8-12-31-18-23)29(37-21-22-9-4-2-5-10-22)17-26(25)30(36)34-13-6-3-7-14-34/h2,4-5,8-12,16-20H,3,6-7,13-15,21H2,1H3. The van der Waals surface area contributed by atoms with Gasteiger partial charge in [-0.3, -0.25) is 19.3 Å². The van der Waals surface area contributed by atoms with Crippen LogP contribution in [0.3, 0.4) is 0 Å². The number of aromatic nitrogens is 3. The van der Waals surface area contributed by atoms with Crippen molar-refractivity contribution < 1.29 is 14.3 Å². The van der Waals surface area contributed by atoms with E-state index in [1.165, 1.54) is 0 Å². The lowest BCUT2D eigenvalue weighted by Gasteiger charge is -2.28. The van der Waals surface area contributed by atoms with Gasteiger partial charge in [0.15, 0.2) is 5.78 Å². The largest absolute Gasteiger partial charge is 0.488 e. The highest BCUT2D eigenvalue weighted by atomic mass is 16.5. The maximum atomic E-state index is 13.7. The molecule has 2 aromatic carbocycles. The van der Waals surface area contributed by atoms with Gasteiger partial charge in [0.2, 0.25) is 0 Å². The molecule has 1 aliphatic rings. The molecule has 5 rings (SSSR count). The normalized spacial score (nSPS) is 13.4. The Kier molecular flexibility index (Phi) is 7.40. The summed E-state index contributed by atoms with van der Waals surface area (Å²) in [6, 6.07) is 17.0. The van der Waals surface area contributed by atoms with E-state index in [2.05, 4.69) is 10.1 Å². The molecule has 7 nitrogen and oxygen atoms in total. The minimum absolute atomic E-state index is 0.0469. The minimum atomic E-state index is -0.0989. The Morgan fingerprint density at radius 1 is 0.919 bits per heavy atom. The molecule has 7 heteroatoms. The number of benzene rings is 2. The van der Waals surface area contributed by atoms with Crippen LogP contribution in [0.1, 0.15) is 51.1 Å². The Morgan fingerprint density at radius 3 is 2.41 bits per heavy atom. The third-order valence-corrected chi connectivity index (χ3v) is 6.63. The molecule has 188 valence electrons. The van der Waals surface area contributed by atoms with E-state index in [9.17, 15) is 9.59 Å². The summed E-state index contributed by atoms with van der Waals surface area (Å²) in [5.74, 6) is 0.262. The van der Waals surface area contributed by atoms with Crippen LogP contribution in [-0.4, -0.2) is 44.4 Å². The molecule has 1 saturated heterocycles. The highest BCUT2D eigenvalue weighted by Gasteiger charge is 2.26. The second kappa shape index (κ2) is 11.2. The molecule has 0 N–H and O–H groups in total. The Balaban J connectivity index is 1.58. The smallest absolute Gasteiger partial charge is 0.254 e. The van der Waals surface area contributed by atoms with Crippen molar-refractivity contribution in [3.8, 4) is 16.9 Å². The van der Waals surface area contributed by atoms with Crippen LogP contribution >= 0.6 is 0 Å². The molecule has 0 aliphatic carbocycles. The third kappa shape index (κ3) is 5.77. The number of hydrogen-bond donors (Lipinski definition) is 0. The van der Waals surface area contributed by atoms with E-state index in [1.54, 1.807) is 35.4 Å². The first kappa shape index (κ1) is 24.4. The molecule has 1 aliphatic heterocycles. The number of ether oxygens (including phenoxy) is 1. The number of likely N-dealkylation sites (tertiary alicyclic amines) is 1. The molecular weight excluding hydrogens is 464 g/mol. The quantitative estimate of drug-likeness (QED) is 0.318. The van der Waals surface area contributed by atoms with Gasteiger partial charge in [0.1, 0.15) is 12.4 Å². The molecule has 2 aromatic heterocycles. The Morgan fingerprint density at radius 2 is 1.70 bits per heavy atom. The number of aryl methyl sites for hydroxylation is 1. The first-order valence-corrected chi connectivity index (χ1v) is 12.6. The van der Waals surface area contributed by atoms with Crippen LogP contribution in [0.5, 0.6) is 5.75 Å². The van der Waals surface area contributed by atoms with Gasteiger partial charge in [0.05, 0.1) is 17.3 Å². The molecule has 4 aromatic rings. The molecular formula is C30H30N4O3. The number of carbonyl (C=O) groups is 2. The van der Waals surface area contributed by atoms with Crippen molar-refractivity contribution in [1.29, 1.82) is 0 Å². The van der Waals surface area contributed by atoms with Crippen LogP contribution in [0, 0.1) is 0 Å². The summed E-state index contributed by atoms with van der Waals surface area (Å²) in [5, 5.41) is 4.31. The summed E-state index contributed by atoms with van der Waals surface area (Å²) < 4.78 is 7.92.